The SMILES string of the molecule is Cc1ccc(-c2cc(C(=O)O)nc(N(C)C)n2)o1. The molecule has 0 aromatic carbocycles. The van der Waals surface area contributed by atoms with Crippen LogP contribution in [0.15, 0.2) is 22.6 Å². The molecule has 0 bridgehead atoms. The molecular formula is C12H13N3O3. The van der Waals surface area contributed by atoms with Crippen LogP contribution < -0.4 is 4.90 Å². The number of furan rings is 1. The first-order valence-electron chi connectivity index (χ1n) is 5.34. The lowest BCUT2D eigenvalue weighted by atomic mass is 10.2. The molecule has 0 unspecified atom stereocenters. The Balaban J connectivity index is 2.56. The van der Waals surface area contributed by atoms with Crippen molar-refractivity contribution in [2.24, 2.45) is 0 Å². The van der Waals surface area contributed by atoms with Gasteiger partial charge in [0.2, 0.25) is 5.95 Å². The average molecular weight is 247 g/mol. The molecular weight excluding hydrogens is 234 g/mol. The van der Waals surface area contributed by atoms with Gasteiger partial charge in [-0.1, -0.05) is 0 Å². The minimum Gasteiger partial charge on any atom is -0.477 e. The molecule has 0 aliphatic heterocycles. The Kier molecular flexibility index (Phi) is 3.01. The predicted octanol–water partition coefficient (Wildman–Crippen LogP) is 1.81. The van der Waals surface area contributed by atoms with Gasteiger partial charge in [-0.2, -0.15) is 0 Å². The molecule has 0 aliphatic rings. The van der Waals surface area contributed by atoms with Gasteiger partial charge in [-0.05, 0) is 19.1 Å². The van der Waals surface area contributed by atoms with Crippen molar-refractivity contribution in [2.75, 3.05) is 19.0 Å². The summed E-state index contributed by atoms with van der Waals surface area (Å²) >= 11 is 0. The van der Waals surface area contributed by atoms with Crippen molar-refractivity contribution in [3.8, 4) is 11.5 Å². The Bertz CT molecular complexity index is 590. The lowest BCUT2D eigenvalue weighted by molar-refractivity contribution is 0.0690. The van der Waals surface area contributed by atoms with Crippen LogP contribution in [0, 0.1) is 6.92 Å². The average Bonchev–Trinajstić information content (AvgIpc) is 2.75. The van der Waals surface area contributed by atoms with Crippen LogP contribution in [-0.2, 0) is 0 Å². The normalized spacial score (nSPS) is 10.4. The Morgan fingerprint density at radius 3 is 2.56 bits per heavy atom. The zero-order valence-electron chi connectivity index (χ0n) is 10.3. The summed E-state index contributed by atoms with van der Waals surface area (Å²) in [6.07, 6.45) is 0. The largest absolute Gasteiger partial charge is 0.477 e. The van der Waals surface area contributed by atoms with E-state index in [0.29, 0.717) is 17.4 Å². The van der Waals surface area contributed by atoms with Gasteiger partial charge < -0.3 is 14.4 Å². The molecule has 0 radical (unpaired) electrons. The van der Waals surface area contributed by atoms with Crippen LogP contribution in [0.2, 0.25) is 0 Å². The number of aromatic carboxylic acids is 1. The molecule has 0 saturated heterocycles. The number of anilines is 1. The van der Waals surface area contributed by atoms with E-state index in [2.05, 4.69) is 9.97 Å². The van der Waals surface area contributed by atoms with Crippen molar-refractivity contribution in [3.63, 3.8) is 0 Å². The van der Waals surface area contributed by atoms with Crippen molar-refractivity contribution < 1.29 is 14.3 Å². The van der Waals surface area contributed by atoms with Gasteiger partial charge in [0.05, 0.1) is 0 Å². The smallest absolute Gasteiger partial charge is 0.354 e. The summed E-state index contributed by atoms with van der Waals surface area (Å²) in [5.74, 6) is 0.511. The summed E-state index contributed by atoms with van der Waals surface area (Å²) in [5.41, 5.74) is 0.400. The third-order valence-corrected chi connectivity index (χ3v) is 2.33. The summed E-state index contributed by atoms with van der Waals surface area (Å²) < 4.78 is 5.44. The van der Waals surface area contributed by atoms with E-state index in [9.17, 15) is 4.79 Å². The third-order valence-electron chi connectivity index (χ3n) is 2.33. The van der Waals surface area contributed by atoms with Gasteiger partial charge in [0.1, 0.15) is 11.5 Å². The van der Waals surface area contributed by atoms with Gasteiger partial charge >= 0.3 is 5.97 Å². The molecule has 0 aliphatic carbocycles. The van der Waals surface area contributed by atoms with E-state index in [1.165, 1.54) is 6.07 Å². The highest BCUT2D eigenvalue weighted by Gasteiger charge is 2.14. The highest BCUT2D eigenvalue weighted by molar-refractivity contribution is 5.87. The second-order valence-corrected chi connectivity index (χ2v) is 4.05. The van der Waals surface area contributed by atoms with Crippen molar-refractivity contribution >= 4 is 11.9 Å². The molecule has 1 N–H and O–H groups in total. The van der Waals surface area contributed by atoms with E-state index < -0.39 is 5.97 Å². The number of carboxylic acids is 1. The number of carboxylic acid groups (broad SMARTS) is 1. The molecule has 94 valence electrons. The molecule has 2 rings (SSSR count). The van der Waals surface area contributed by atoms with Gasteiger partial charge in [0.25, 0.3) is 0 Å². The van der Waals surface area contributed by atoms with E-state index in [1.807, 2.05) is 6.92 Å². The van der Waals surface area contributed by atoms with E-state index in [-0.39, 0.29) is 5.69 Å². The summed E-state index contributed by atoms with van der Waals surface area (Å²) in [5, 5.41) is 9.03. The first-order valence-corrected chi connectivity index (χ1v) is 5.34. The van der Waals surface area contributed by atoms with Gasteiger partial charge in [-0.25, -0.2) is 14.8 Å². The molecule has 6 heteroatoms. The maximum atomic E-state index is 11.0. The summed E-state index contributed by atoms with van der Waals surface area (Å²) in [6.45, 7) is 1.82. The minimum atomic E-state index is -1.09. The highest BCUT2D eigenvalue weighted by Crippen LogP contribution is 2.22. The van der Waals surface area contributed by atoms with Crippen molar-refractivity contribution in [2.45, 2.75) is 6.92 Å². The monoisotopic (exact) mass is 247 g/mol. The standard InChI is InChI=1S/C12H13N3O3/c1-7-4-5-10(18-7)8-6-9(11(16)17)14-12(13-8)15(2)3/h4-6H,1-3H3,(H,16,17). The van der Waals surface area contributed by atoms with Crippen LogP contribution >= 0.6 is 0 Å². The van der Waals surface area contributed by atoms with Crippen LogP contribution in [0.1, 0.15) is 16.2 Å². The fourth-order valence-electron chi connectivity index (χ4n) is 1.44. The molecule has 2 aromatic rings. The second kappa shape index (κ2) is 4.48. The quantitative estimate of drug-likeness (QED) is 0.891. The fraction of sp³-hybridized carbons (Fsp3) is 0.250. The van der Waals surface area contributed by atoms with Crippen molar-refractivity contribution in [3.05, 3.63) is 29.7 Å². The lowest BCUT2D eigenvalue weighted by Crippen LogP contribution is -2.15. The Hall–Kier alpha value is -2.37. The lowest BCUT2D eigenvalue weighted by Gasteiger charge is -2.11. The molecule has 0 amide bonds. The Morgan fingerprint density at radius 1 is 1.33 bits per heavy atom. The molecule has 0 fully saturated rings. The maximum Gasteiger partial charge on any atom is 0.354 e. The van der Waals surface area contributed by atoms with E-state index in [0.717, 1.165) is 5.76 Å². The zero-order valence-corrected chi connectivity index (χ0v) is 10.3. The van der Waals surface area contributed by atoms with E-state index in [1.54, 1.807) is 31.1 Å². The minimum absolute atomic E-state index is 0.0576. The predicted molar refractivity (Wildman–Crippen MR) is 65.8 cm³/mol. The molecule has 0 atom stereocenters. The Morgan fingerprint density at radius 2 is 2.06 bits per heavy atom. The molecule has 6 nitrogen and oxygen atoms in total. The topological polar surface area (TPSA) is 79.5 Å². The first kappa shape index (κ1) is 12.1. The number of hydrogen-bond donors (Lipinski definition) is 1. The van der Waals surface area contributed by atoms with Crippen molar-refractivity contribution in [1.29, 1.82) is 0 Å². The number of nitrogens with zero attached hydrogens (tertiary/aromatic N) is 3. The van der Waals surface area contributed by atoms with Gasteiger partial charge in [-0.15, -0.1) is 0 Å². The molecule has 0 spiro atoms. The fourth-order valence-corrected chi connectivity index (χ4v) is 1.44. The number of aromatic nitrogens is 2. The van der Waals surface area contributed by atoms with Crippen LogP contribution in [0.4, 0.5) is 5.95 Å². The van der Waals surface area contributed by atoms with E-state index >= 15 is 0 Å². The number of rotatable bonds is 3. The highest BCUT2D eigenvalue weighted by atomic mass is 16.4. The molecule has 2 aromatic heterocycles. The van der Waals surface area contributed by atoms with Crippen LogP contribution in [-0.4, -0.2) is 35.1 Å². The summed E-state index contributed by atoms with van der Waals surface area (Å²) in [4.78, 5) is 20.9. The number of hydrogen-bond acceptors (Lipinski definition) is 5. The van der Waals surface area contributed by atoms with Crippen LogP contribution in [0.5, 0.6) is 0 Å². The van der Waals surface area contributed by atoms with Gasteiger partial charge in [0, 0.05) is 20.2 Å². The Labute approximate surface area is 104 Å². The third kappa shape index (κ3) is 2.32. The van der Waals surface area contributed by atoms with Crippen molar-refractivity contribution in [1.82, 2.24) is 9.97 Å². The maximum absolute atomic E-state index is 11.0. The number of aryl methyl sites for hydroxylation is 1. The number of carbonyl (C=O) groups is 1. The molecule has 18 heavy (non-hydrogen) atoms. The van der Waals surface area contributed by atoms with E-state index in [4.69, 9.17) is 9.52 Å². The molecule has 2 heterocycles. The first-order chi connectivity index (χ1) is 8.47. The van der Waals surface area contributed by atoms with Gasteiger partial charge in [0.15, 0.2) is 11.5 Å². The van der Waals surface area contributed by atoms with Crippen LogP contribution in [0.3, 0.4) is 0 Å². The summed E-state index contributed by atoms with van der Waals surface area (Å²) in [6, 6.07) is 4.95. The second-order valence-electron chi connectivity index (χ2n) is 4.05. The molecule has 0 saturated carbocycles. The van der Waals surface area contributed by atoms with Gasteiger partial charge in [-0.3, -0.25) is 0 Å². The van der Waals surface area contributed by atoms with Crippen LogP contribution in [0.25, 0.3) is 11.5 Å². The summed E-state index contributed by atoms with van der Waals surface area (Å²) in [7, 11) is 3.50. The zero-order chi connectivity index (χ0) is 13.3.